The van der Waals surface area contributed by atoms with Crippen molar-refractivity contribution >= 4 is 5.78 Å². The molecule has 0 aliphatic rings. The minimum absolute atomic E-state index is 0.821. The van der Waals surface area contributed by atoms with Crippen molar-refractivity contribution < 1.29 is 35.4 Å². The van der Waals surface area contributed by atoms with Gasteiger partial charge in [0.15, 0.2) is 5.78 Å². The maximum atomic E-state index is 10.7. The lowest BCUT2D eigenvalue weighted by atomic mass is 10.0. The van der Waals surface area contributed by atoms with Gasteiger partial charge in [0.2, 0.25) is 0 Å². The largest absolute Gasteiger partial charge is 0.394 e. The molecular weight excluding hydrogens is 196 g/mol. The zero-order valence-corrected chi connectivity index (χ0v) is 7.32. The molecule has 84 valence electrons. The van der Waals surface area contributed by atoms with Crippen molar-refractivity contribution in [1.82, 2.24) is 0 Å². The standard InChI is InChI=1S/C7H14O7/c8-1-3(10)5(12)7(14)6(13)4(11)2-9/h3,5-10,12-14H,1-2H2/t3-,5+,6-,7-/m1/s1. The summed E-state index contributed by atoms with van der Waals surface area (Å²) in [6.07, 6.45) is -7.45. The number of Topliss-reactive ketones (excluding diaryl/α,β-unsaturated/α-hetero) is 1. The van der Waals surface area contributed by atoms with Crippen LogP contribution in [-0.4, -0.2) is 74.1 Å². The number of rotatable bonds is 6. The summed E-state index contributed by atoms with van der Waals surface area (Å²) < 4.78 is 0. The van der Waals surface area contributed by atoms with E-state index in [9.17, 15) is 4.79 Å². The smallest absolute Gasteiger partial charge is 0.189 e. The number of carbonyl (C=O) groups is 1. The molecule has 0 rings (SSSR count). The van der Waals surface area contributed by atoms with Crippen LogP contribution in [-0.2, 0) is 4.79 Å². The summed E-state index contributed by atoms with van der Waals surface area (Å²) in [6, 6.07) is 0. The Kier molecular flexibility index (Phi) is 5.77. The Morgan fingerprint density at radius 1 is 1.00 bits per heavy atom. The van der Waals surface area contributed by atoms with Crippen LogP contribution in [0.2, 0.25) is 0 Å². The molecule has 0 saturated carbocycles. The molecule has 0 amide bonds. The number of hydrogen-bond acceptors (Lipinski definition) is 7. The third kappa shape index (κ3) is 3.29. The molecule has 0 aliphatic heterocycles. The molecule has 14 heavy (non-hydrogen) atoms. The maximum absolute atomic E-state index is 10.7. The van der Waals surface area contributed by atoms with Gasteiger partial charge in [-0.1, -0.05) is 0 Å². The van der Waals surface area contributed by atoms with E-state index in [0.29, 0.717) is 0 Å². The maximum Gasteiger partial charge on any atom is 0.189 e. The SMILES string of the molecule is O=C(CO)[C@@H](O)[C@H](O)[C@@H](O)[C@H](O)CO. The summed E-state index contributed by atoms with van der Waals surface area (Å²) in [4.78, 5) is 10.7. The topological polar surface area (TPSA) is 138 Å². The van der Waals surface area contributed by atoms with Gasteiger partial charge in [0.25, 0.3) is 0 Å². The minimum atomic E-state index is -1.99. The number of aliphatic hydroxyl groups is 6. The van der Waals surface area contributed by atoms with Gasteiger partial charge in [-0.3, -0.25) is 4.79 Å². The van der Waals surface area contributed by atoms with Gasteiger partial charge < -0.3 is 30.6 Å². The zero-order chi connectivity index (χ0) is 11.3. The highest BCUT2D eigenvalue weighted by atomic mass is 16.4. The van der Waals surface area contributed by atoms with Crippen molar-refractivity contribution in [3.63, 3.8) is 0 Å². The molecule has 0 unspecified atom stereocenters. The van der Waals surface area contributed by atoms with Gasteiger partial charge >= 0.3 is 0 Å². The summed E-state index contributed by atoms with van der Waals surface area (Å²) in [7, 11) is 0. The molecule has 0 bridgehead atoms. The highest BCUT2D eigenvalue weighted by molar-refractivity contribution is 5.84. The van der Waals surface area contributed by atoms with E-state index in [0.717, 1.165) is 0 Å². The van der Waals surface area contributed by atoms with E-state index in [1.807, 2.05) is 0 Å². The summed E-state index contributed by atoms with van der Waals surface area (Å²) in [6.45, 7) is -1.81. The molecule has 0 aromatic carbocycles. The Labute approximate surface area is 79.9 Å². The first-order valence-electron chi connectivity index (χ1n) is 3.92. The Morgan fingerprint density at radius 2 is 1.50 bits per heavy atom. The molecule has 4 atom stereocenters. The second kappa shape index (κ2) is 6.02. The second-order valence-electron chi connectivity index (χ2n) is 2.80. The number of aliphatic hydroxyl groups excluding tert-OH is 6. The van der Waals surface area contributed by atoms with E-state index in [2.05, 4.69) is 0 Å². The van der Waals surface area contributed by atoms with Crippen LogP contribution in [0.4, 0.5) is 0 Å². The zero-order valence-electron chi connectivity index (χ0n) is 7.32. The molecule has 7 nitrogen and oxygen atoms in total. The predicted molar refractivity (Wildman–Crippen MR) is 43.2 cm³/mol. The molecule has 0 saturated heterocycles. The van der Waals surface area contributed by atoms with Crippen molar-refractivity contribution in [2.24, 2.45) is 0 Å². The van der Waals surface area contributed by atoms with E-state index in [-0.39, 0.29) is 0 Å². The minimum Gasteiger partial charge on any atom is -0.394 e. The van der Waals surface area contributed by atoms with Crippen molar-refractivity contribution in [1.29, 1.82) is 0 Å². The van der Waals surface area contributed by atoms with E-state index in [1.165, 1.54) is 0 Å². The Hall–Kier alpha value is -0.570. The first-order valence-corrected chi connectivity index (χ1v) is 3.92. The lowest BCUT2D eigenvalue weighted by Crippen LogP contribution is -2.49. The fourth-order valence-electron chi connectivity index (χ4n) is 0.806. The Morgan fingerprint density at radius 3 is 1.86 bits per heavy atom. The van der Waals surface area contributed by atoms with Gasteiger partial charge in [0.05, 0.1) is 6.61 Å². The Bertz CT molecular complexity index is 183. The monoisotopic (exact) mass is 210 g/mol. The number of ketones is 1. The predicted octanol–water partition coefficient (Wildman–Crippen LogP) is -4.02. The first kappa shape index (κ1) is 13.4. The van der Waals surface area contributed by atoms with E-state index < -0.39 is 43.4 Å². The van der Waals surface area contributed by atoms with Gasteiger partial charge in [-0.05, 0) is 0 Å². The van der Waals surface area contributed by atoms with Gasteiger partial charge in [-0.2, -0.15) is 0 Å². The van der Waals surface area contributed by atoms with Crippen LogP contribution in [0.25, 0.3) is 0 Å². The molecule has 6 N–H and O–H groups in total. The summed E-state index contributed by atoms with van der Waals surface area (Å²) in [5.74, 6) is -1.08. The van der Waals surface area contributed by atoms with Crippen LogP contribution >= 0.6 is 0 Å². The fraction of sp³-hybridized carbons (Fsp3) is 0.857. The van der Waals surface area contributed by atoms with Crippen molar-refractivity contribution in [3.05, 3.63) is 0 Å². The quantitative estimate of drug-likeness (QED) is 0.262. The summed E-state index contributed by atoms with van der Waals surface area (Å²) >= 11 is 0. The van der Waals surface area contributed by atoms with Gasteiger partial charge in [-0.25, -0.2) is 0 Å². The molecule has 0 aromatic rings. The highest BCUT2D eigenvalue weighted by Crippen LogP contribution is 2.05. The van der Waals surface area contributed by atoms with E-state index in [1.54, 1.807) is 0 Å². The lowest BCUT2D eigenvalue weighted by Gasteiger charge is -2.24. The average molecular weight is 210 g/mol. The molecular formula is C7H14O7. The number of carbonyl (C=O) groups excluding carboxylic acids is 1. The summed E-state index contributed by atoms with van der Waals surface area (Å²) in [5, 5.41) is 52.7. The van der Waals surface area contributed by atoms with Crippen LogP contribution in [0.1, 0.15) is 0 Å². The van der Waals surface area contributed by atoms with E-state index in [4.69, 9.17) is 30.6 Å². The average Bonchev–Trinajstić information content (AvgIpc) is 2.23. The third-order valence-corrected chi connectivity index (χ3v) is 1.74. The molecule has 0 radical (unpaired) electrons. The molecule has 7 heteroatoms. The summed E-state index contributed by atoms with van der Waals surface area (Å²) in [5.41, 5.74) is 0. The highest BCUT2D eigenvalue weighted by Gasteiger charge is 2.33. The van der Waals surface area contributed by atoms with Crippen molar-refractivity contribution in [2.45, 2.75) is 24.4 Å². The third-order valence-electron chi connectivity index (χ3n) is 1.74. The number of hydrogen-bond donors (Lipinski definition) is 6. The fourth-order valence-corrected chi connectivity index (χ4v) is 0.806. The van der Waals surface area contributed by atoms with E-state index >= 15 is 0 Å². The normalized spacial score (nSPS) is 19.9. The van der Waals surface area contributed by atoms with Crippen molar-refractivity contribution in [3.8, 4) is 0 Å². The van der Waals surface area contributed by atoms with Crippen LogP contribution in [0.3, 0.4) is 0 Å². The molecule has 0 heterocycles. The van der Waals surface area contributed by atoms with Gasteiger partial charge in [-0.15, -0.1) is 0 Å². The van der Waals surface area contributed by atoms with Crippen molar-refractivity contribution in [2.75, 3.05) is 13.2 Å². The van der Waals surface area contributed by atoms with Crippen LogP contribution in [0.5, 0.6) is 0 Å². The van der Waals surface area contributed by atoms with Crippen LogP contribution in [0, 0.1) is 0 Å². The molecule has 0 fully saturated rings. The van der Waals surface area contributed by atoms with Gasteiger partial charge in [0, 0.05) is 0 Å². The first-order chi connectivity index (χ1) is 6.45. The molecule has 0 spiro atoms. The molecule has 0 aromatic heterocycles. The lowest BCUT2D eigenvalue weighted by molar-refractivity contribution is -0.149. The second-order valence-corrected chi connectivity index (χ2v) is 2.80. The van der Waals surface area contributed by atoms with Crippen LogP contribution < -0.4 is 0 Å². The van der Waals surface area contributed by atoms with Crippen LogP contribution in [0.15, 0.2) is 0 Å². The van der Waals surface area contributed by atoms with Gasteiger partial charge in [0.1, 0.15) is 31.0 Å². The Balaban J connectivity index is 4.30. The molecule has 0 aliphatic carbocycles.